The van der Waals surface area contributed by atoms with Gasteiger partial charge in [0.25, 0.3) is 0 Å². The van der Waals surface area contributed by atoms with Crippen LogP contribution in [0.1, 0.15) is 24.4 Å². The van der Waals surface area contributed by atoms with E-state index in [0.717, 1.165) is 11.3 Å². The second kappa shape index (κ2) is 4.61. The molecule has 1 unspecified atom stereocenters. The van der Waals surface area contributed by atoms with E-state index in [2.05, 4.69) is 10.6 Å². The van der Waals surface area contributed by atoms with Gasteiger partial charge in [0.15, 0.2) is 0 Å². The Morgan fingerprint density at radius 3 is 2.58 bits per heavy atom. The summed E-state index contributed by atoms with van der Waals surface area (Å²) in [5.74, 6) is 0.357. The van der Waals surface area contributed by atoms with Gasteiger partial charge in [0.2, 0.25) is 5.91 Å². The Labute approximate surface area is 112 Å². The molecule has 0 aliphatic carbocycles. The molecule has 0 radical (unpaired) electrons. The summed E-state index contributed by atoms with van der Waals surface area (Å²) >= 11 is 0. The van der Waals surface area contributed by atoms with Crippen molar-refractivity contribution >= 4 is 21.4 Å². The molecule has 3 rings (SSSR count). The van der Waals surface area contributed by atoms with Gasteiger partial charge in [-0.3, -0.25) is 10.1 Å². The average Bonchev–Trinajstić information content (AvgIpc) is 2.69. The van der Waals surface area contributed by atoms with Gasteiger partial charge in [0.1, 0.15) is 15.9 Å². The monoisotopic (exact) mass is 280 g/mol. The van der Waals surface area contributed by atoms with Crippen LogP contribution in [-0.4, -0.2) is 31.9 Å². The van der Waals surface area contributed by atoms with Gasteiger partial charge in [-0.05, 0) is 18.9 Å². The van der Waals surface area contributed by atoms with E-state index in [0.29, 0.717) is 12.8 Å². The summed E-state index contributed by atoms with van der Waals surface area (Å²) in [4.78, 5) is 11.9. The highest BCUT2D eigenvalue weighted by atomic mass is 32.2. The molecule has 1 atom stereocenters. The zero-order chi connectivity index (χ0) is 13.5. The minimum Gasteiger partial charge on any atom is -0.324 e. The molecule has 1 amide bonds. The summed E-state index contributed by atoms with van der Waals surface area (Å²) in [5.41, 5.74) is 1.79. The fourth-order valence-electron chi connectivity index (χ4n) is 2.67. The SMILES string of the molecule is O=C1Nc2ccccc2C1NC1CCS(=O)(=O)CC1. The zero-order valence-electron chi connectivity index (χ0n) is 10.4. The highest BCUT2D eigenvalue weighted by molar-refractivity contribution is 7.91. The Morgan fingerprint density at radius 2 is 1.84 bits per heavy atom. The first-order chi connectivity index (χ1) is 9.05. The van der Waals surface area contributed by atoms with Crippen LogP contribution in [0.4, 0.5) is 5.69 Å². The van der Waals surface area contributed by atoms with Crippen LogP contribution in [0.25, 0.3) is 0 Å². The van der Waals surface area contributed by atoms with Crippen molar-refractivity contribution in [2.24, 2.45) is 0 Å². The lowest BCUT2D eigenvalue weighted by Gasteiger charge is -2.25. The molecule has 6 heteroatoms. The number of nitrogens with one attached hydrogen (secondary N) is 2. The topological polar surface area (TPSA) is 75.3 Å². The van der Waals surface area contributed by atoms with E-state index in [1.807, 2.05) is 24.3 Å². The molecule has 0 aromatic heterocycles. The van der Waals surface area contributed by atoms with Crippen LogP contribution >= 0.6 is 0 Å². The minimum atomic E-state index is -2.86. The van der Waals surface area contributed by atoms with Crippen molar-refractivity contribution in [1.82, 2.24) is 5.32 Å². The zero-order valence-corrected chi connectivity index (χ0v) is 11.2. The predicted octanol–water partition coefficient (Wildman–Crippen LogP) is 0.847. The number of amides is 1. The number of carbonyl (C=O) groups is 1. The van der Waals surface area contributed by atoms with Crippen LogP contribution in [-0.2, 0) is 14.6 Å². The van der Waals surface area contributed by atoms with Crippen molar-refractivity contribution in [1.29, 1.82) is 0 Å². The summed E-state index contributed by atoms with van der Waals surface area (Å²) in [6.07, 6.45) is 1.16. The Hall–Kier alpha value is -1.40. The van der Waals surface area contributed by atoms with Crippen molar-refractivity contribution in [3.63, 3.8) is 0 Å². The van der Waals surface area contributed by atoms with Crippen LogP contribution in [0.3, 0.4) is 0 Å². The lowest BCUT2D eigenvalue weighted by molar-refractivity contribution is -0.117. The molecular formula is C13H16N2O3S. The number of sulfone groups is 1. The number of fused-ring (bicyclic) bond motifs is 1. The van der Waals surface area contributed by atoms with Crippen LogP contribution in [0.2, 0.25) is 0 Å². The Balaban J connectivity index is 1.73. The second-order valence-corrected chi connectivity index (χ2v) is 7.41. The van der Waals surface area contributed by atoms with E-state index >= 15 is 0 Å². The van der Waals surface area contributed by atoms with Crippen LogP contribution in [0.5, 0.6) is 0 Å². The largest absolute Gasteiger partial charge is 0.324 e. The van der Waals surface area contributed by atoms with Crippen molar-refractivity contribution in [2.45, 2.75) is 24.9 Å². The first-order valence-corrected chi connectivity index (χ1v) is 8.23. The first kappa shape index (κ1) is 12.6. The van der Waals surface area contributed by atoms with Crippen LogP contribution < -0.4 is 10.6 Å². The van der Waals surface area contributed by atoms with E-state index in [1.54, 1.807) is 0 Å². The van der Waals surface area contributed by atoms with E-state index in [1.165, 1.54) is 0 Å². The van der Waals surface area contributed by atoms with Gasteiger partial charge in [-0.2, -0.15) is 0 Å². The molecule has 2 aliphatic rings. The van der Waals surface area contributed by atoms with Crippen LogP contribution in [0.15, 0.2) is 24.3 Å². The Kier molecular flexibility index (Phi) is 3.06. The van der Waals surface area contributed by atoms with E-state index in [4.69, 9.17) is 0 Å². The standard InChI is InChI=1S/C13H16N2O3S/c16-13-12(10-3-1-2-4-11(10)15-13)14-9-5-7-19(17,18)8-6-9/h1-4,9,12,14H,5-8H2,(H,15,16). The molecule has 1 aromatic carbocycles. The van der Waals surface area contributed by atoms with E-state index in [-0.39, 0.29) is 29.5 Å². The van der Waals surface area contributed by atoms with E-state index < -0.39 is 9.84 Å². The van der Waals surface area contributed by atoms with Gasteiger partial charge in [-0.25, -0.2) is 8.42 Å². The summed E-state index contributed by atoms with van der Waals surface area (Å²) in [6.45, 7) is 0. The second-order valence-electron chi connectivity index (χ2n) is 5.10. The molecule has 0 spiro atoms. The maximum atomic E-state index is 11.9. The fraction of sp³-hybridized carbons (Fsp3) is 0.462. The number of carbonyl (C=O) groups excluding carboxylic acids is 1. The third kappa shape index (κ3) is 2.50. The predicted molar refractivity (Wildman–Crippen MR) is 72.6 cm³/mol. The summed E-state index contributed by atoms with van der Waals surface area (Å²) in [5, 5.41) is 6.12. The molecule has 1 aromatic rings. The van der Waals surface area contributed by atoms with Crippen molar-refractivity contribution in [3.05, 3.63) is 29.8 Å². The molecule has 2 heterocycles. The average molecular weight is 280 g/mol. The number of anilines is 1. The number of rotatable bonds is 2. The van der Waals surface area contributed by atoms with Gasteiger partial charge in [0.05, 0.1) is 11.5 Å². The van der Waals surface area contributed by atoms with Gasteiger partial charge in [-0.15, -0.1) is 0 Å². The molecule has 102 valence electrons. The van der Waals surface area contributed by atoms with Gasteiger partial charge < -0.3 is 5.32 Å². The molecule has 1 saturated heterocycles. The van der Waals surface area contributed by atoms with Crippen molar-refractivity contribution in [3.8, 4) is 0 Å². The van der Waals surface area contributed by atoms with E-state index in [9.17, 15) is 13.2 Å². The maximum Gasteiger partial charge on any atom is 0.246 e. The third-order valence-electron chi connectivity index (χ3n) is 3.75. The molecule has 19 heavy (non-hydrogen) atoms. The number of para-hydroxylation sites is 1. The van der Waals surface area contributed by atoms with Gasteiger partial charge in [-0.1, -0.05) is 18.2 Å². The number of hydrogen-bond acceptors (Lipinski definition) is 4. The Morgan fingerprint density at radius 1 is 1.16 bits per heavy atom. The van der Waals surface area contributed by atoms with Crippen LogP contribution in [0, 0.1) is 0 Å². The summed E-state index contributed by atoms with van der Waals surface area (Å²) in [7, 11) is -2.86. The molecule has 0 bridgehead atoms. The van der Waals surface area contributed by atoms with Crippen molar-refractivity contribution < 1.29 is 13.2 Å². The number of hydrogen-bond donors (Lipinski definition) is 2. The van der Waals surface area contributed by atoms with Gasteiger partial charge in [0, 0.05) is 17.3 Å². The molecule has 1 fully saturated rings. The molecule has 2 aliphatic heterocycles. The maximum absolute atomic E-state index is 11.9. The Bertz CT molecular complexity index is 598. The summed E-state index contributed by atoms with van der Waals surface area (Å²) in [6, 6.07) is 7.31. The molecule has 2 N–H and O–H groups in total. The van der Waals surface area contributed by atoms with Crippen molar-refractivity contribution in [2.75, 3.05) is 16.8 Å². The fourth-order valence-corrected chi connectivity index (χ4v) is 4.16. The molecular weight excluding hydrogens is 264 g/mol. The molecule has 0 saturated carbocycles. The summed E-state index contributed by atoms with van der Waals surface area (Å²) < 4.78 is 22.8. The lowest BCUT2D eigenvalue weighted by Crippen LogP contribution is -2.41. The van der Waals surface area contributed by atoms with Gasteiger partial charge >= 0.3 is 0 Å². The third-order valence-corrected chi connectivity index (χ3v) is 5.46. The lowest BCUT2D eigenvalue weighted by atomic mass is 10.1. The highest BCUT2D eigenvalue weighted by Crippen LogP contribution is 2.31. The first-order valence-electron chi connectivity index (χ1n) is 6.41. The smallest absolute Gasteiger partial charge is 0.246 e. The minimum absolute atomic E-state index is 0.0605. The normalized spacial score (nSPS) is 25.9. The quantitative estimate of drug-likeness (QED) is 0.842. The number of benzene rings is 1. The highest BCUT2D eigenvalue weighted by Gasteiger charge is 2.33. The molecule has 5 nitrogen and oxygen atoms in total.